The average molecular weight is 577 g/mol. The molecule has 1 unspecified atom stereocenters. The Kier molecular flexibility index (Phi) is 8.25. The highest BCUT2D eigenvalue weighted by atomic mass is 35.5. The maximum absolute atomic E-state index is 14.2. The number of halogens is 9. The highest BCUT2D eigenvalue weighted by Gasteiger charge is 2.58. The van der Waals surface area contributed by atoms with Crippen molar-refractivity contribution in [2.24, 2.45) is 5.10 Å². The minimum absolute atomic E-state index is 0.0801. The molecule has 0 bridgehead atoms. The van der Waals surface area contributed by atoms with E-state index in [1.165, 1.54) is 41.8 Å². The topological polar surface area (TPSA) is 53.5 Å². The van der Waals surface area contributed by atoms with Crippen LogP contribution in [-0.4, -0.2) is 31.1 Å². The molecule has 0 saturated heterocycles. The summed E-state index contributed by atoms with van der Waals surface area (Å²) in [7, 11) is 0. The number of hydrogen-bond acceptors (Lipinski definition) is 3. The van der Waals surface area contributed by atoms with Gasteiger partial charge in [0, 0.05) is 22.0 Å². The highest BCUT2D eigenvalue weighted by molar-refractivity contribution is 8.03. The number of nitrogens with one attached hydrogen (secondary N) is 2. The molecule has 2 N–H and O–H groups in total. The van der Waals surface area contributed by atoms with Crippen LogP contribution < -0.4 is 10.7 Å². The van der Waals surface area contributed by atoms with E-state index in [2.05, 4.69) is 5.10 Å². The number of thioether (sulfide) groups is 1. The molecule has 0 aliphatic carbocycles. The number of alkyl halides is 6. The number of hydrogen-bond donors (Lipinski definition) is 2. The summed E-state index contributed by atoms with van der Waals surface area (Å²) in [4.78, 5) is 11.3. The molecule has 0 fully saturated rings. The second-order valence-corrected chi connectivity index (χ2v) is 9.77. The third kappa shape index (κ3) is 6.78. The van der Waals surface area contributed by atoms with Gasteiger partial charge in [-0.3, -0.25) is 0 Å². The van der Waals surface area contributed by atoms with Gasteiger partial charge in [-0.25, -0.2) is 10.2 Å². The summed E-state index contributed by atoms with van der Waals surface area (Å²) >= 11 is 18.7. The van der Waals surface area contributed by atoms with Gasteiger partial charge in [-0.15, -0.1) is 11.8 Å². The molecule has 2 amide bonds. The van der Waals surface area contributed by atoms with Crippen molar-refractivity contribution in [2.45, 2.75) is 23.5 Å². The van der Waals surface area contributed by atoms with E-state index in [0.29, 0.717) is 22.9 Å². The molecular weight excluding hydrogens is 563 g/mol. The second kappa shape index (κ2) is 10.5. The molecular formula is C21H14Cl3F6N3OS. The number of carbonyl (C=O) groups is 1. The van der Waals surface area contributed by atoms with Crippen LogP contribution in [0.2, 0.25) is 15.1 Å². The lowest BCUT2D eigenvalue weighted by molar-refractivity contribution is -0.160. The Balaban J connectivity index is 1.75. The van der Waals surface area contributed by atoms with Gasteiger partial charge in [-0.05, 0) is 46.4 Å². The maximum atomic E-state index is 14.2. The lowest BCUT2D eigenvalue weighted by Crippen LogP contribution is -2.38. The molecule has 3 rings (SSSR count). The Morgan fingerprint density at radius 2 is 1.71 bits per heavy atom. The van der Waals surface area contributed by atoms with Gasteiger partial charge >= 0.3 is 18.4 Å². The summed E-state index contributed by atoms with van der Waals surface area (Å²) in [5.74, 6) is 0. The Morgan fingerprint density at radius 3 is 2.29 bits per heavy atom. The van der Waals surface area contributed by atoms with Gasteiger partial charge in [-0.2, -0.15) is 31.4 Å². The van der Waals surface area contributed by atoms with Gasteiger partial charge in [0.2, 0.25) is 0 Å². The number of urea groups is 1. The normalized spacial score (nSPS) is 18.6. The zero-order valence-electron chi connectivity index (χ0n) is 17.2. The standard InChI is InChI=1S/C21H14Cl3F6N3OS/c22-15-4-14(5-16(23)6-15)19(21(28,29)30)7-13(9-35-19)11-1-2-12(17(24)3-11)8-32-33-18(34)31-10-20(25,26)27/h1-6,8-9H,7,10H2,(H2,31,33,34)/b32-8+. The van der Waals surface area contributed by atoms with Crippen molar-refractivity contribution in [1.82, 2.24) is 10.7 Å². The Hall–Kier alpha value is -2.08. The van der Waals surface area contributed by atoms with E-state index in [0.717, 1.165) is 6.21 Å². The van der Waals surface area contributed by atoms with Gasteiger partial charge in [-0.1, -0.05) is 46.9 Å². The number of allylic oxidation sites excluding steroid dienone is 1. The third-order valence-electron chi connectivity index (χ3n) is 4.82. The SMILES string of the molecule is O=C(NCC(F)(F)F)N/N=C/c1ccc(C2=CSC(c3cc(Cl)cc(Cl)c3)(C(F)(F)F)C2)cc1Cl. The van der Waals surface area contributed by atoms with E-state index in [1.54, 1.807) is 5.32 Å². The van der Waals surface area contributed by atoms with Crippen LogP contribution in [0, 0.1) is 0 Å². The summed E-state index contributed by atoms with van der Waals surface area (Å²) in [5.41, 5.74) is 2.85. The van der Waals surface area contributed by atoms with Crippen molar-refractivity contribution < 1.29 is 31.1 Å². The summed E-state index contributed by atoms with van der Waals surface area (Å²) in [6, 6.07) is 7.02. The smallest absolute Gasteiger partial charge is 0.328 e. The molecule has 1 aliphatic heterocycles. The van der Waals surface area contributed by atoms with Gasteiger partial charge in [0.15, 0.2) is 0 Å². The molecule has 2 aromatic carbocycles. The van der Waals surface area contributed by atoms with E-state index in [9.17, 15) is 31.1 Å². The lowest BCUT2D eigenvalue weighted by atomic mass is 9.88. The van der Waals surface area contributed by atoms with Gasteiger partial charge < -0.3 is 5.32 Å². The number of benzene rings is 2. The second-order valence-electron chi connectivity index (χ2n) is 7.32. The predicted molar refractivity (Wildman–Crippen MR) is 126 cm³/mol. The lowest BCUT2D eigenvalue weighted by Gasteiger charge is -2.32. The van der Waals surface area contributed by atoms with Crippen LogP contribution >= 0.6 is 46.6 Å². The molecule has 35 heavy (non-hydrogen) atoms. The molecule has 1 atom stereocenters. The van der Waals surface area contributed by atoms with Crippen molar-refractivity contribution in [1.29, 1.82) is 0 Å². The van der Waals surface area contributed by atoms with Crippen LogP contribution in [0.5, 0.6) is 0 Å². The molecule has 14 heteroatoms. The van der Waals surface area contributed by atoms with Crippen LogP contribution in [-0.2, 0) is 4.75 Å². The van der Waals surface area contributed by atoms with E-state index in [4.69, 9.17) is 34.8 Å². The van der Waals surface area contributed by atoms with E-state index in [1.807, 2.05) is 5.43 Å². The third-order valence-corrected chi connectivity index (χ3v) is 7.00. The first-order chi connectivity index (χ1) is 16.2. The number of nitrogens with zero attached hydrogens (tertiary/aromatic N) is 1. The van der Waals surface area contributed by atoms with Crippen molar-refractivity contribution in [3.63, 3.8) is 0 Å². The van der Waals surface area contributed by atoms with Crippen LogP contribution in [0.25, 0.3) is 5.57 Å². The first-order valence-electron chi connectivity index (χ1n) is 9.54. The van der Waals surface area contributed by atoms with Crippen molar-refractivity contribution in [2.75, 3.05) is 6.54 Å². The maximum Gasteiger partial charge on any atom is 0.407 e. The van der Waals surface area contributed by atoms with Gasteiger partial charge in [0.1, 0.15) is 11.3 Å². The fourth-order valence-electron chi connectivity index (χ4n) is 3.19. The summed E-state index contributed by atoms with van der Waals surface area (Å²) < 4.78 is 76.7. The predicted octanol–water partition coefficient (Wildman–Crippen LogP) is 7.78. The molecule has 1 aliphatic rings. The molecule has 0 spiro atoms. The van der Waals surface area contributed by atoms with Gasteiger partial charge in [0.25, 0.3) is 0 Å². The molecule has 0 saturated carbocycles. The fraction of sp³-hybridized carbons (Fsp3) is 0.238. The van der Waals surface area contributed by atoms with Crippen LogP contribution in [0.1, 0.15) is 23.1 Å². The summed E-state index contributed by atoms with van der Waals surface area (Å²) in [6.45, 7) is -1.53. The monoisotopic (exact) mass is 575 g/mol. The quantitative estimate of drug-likeness (QED) is 0.217. The number of rotatable bonds is 5. The molecule has 2 aromatic rings. The zero-order valence-corrected chi connectivity index (χ0v) is 20.3. The van der Waals surface area contributed by atoms with Crippen molar-refractivity contribution in [3.05, 3.63) is 73.6 Å². The van der Waals surface area contributed by atoms with E-state index in [-0.39, 0.29) is 26.2 Å². The minimum Gasteiger partial charge on any atom is -0.328 e. The Morgan fingerprint density at radius 1 is 1.06 bits per heavy atom. The largest absolute Gasteiger partial charge is 0.407 e. The molecule has 188 valence electrons. The first kappa shape index (κ1) is 27.5. The number of amides is 2. The number of hydrazone groups is 1. The first-order valence-corrected chi connectivity index (χ1v) is 11.6. The minimum atomic E-state index is -4.63. The van der Waals surface area contributed by atoms with Crippen LogP contribution in [0.3, 0.4) is 0 Å². The Labute approximate surface area is 214 Å². The molecule has 4 nitrogen and oxygen atoms in total. The van der Waals surface area contributed by atoms with Crippen LogP contribution in [0.15, 0.2) is 46.9 Å². The van der Waals surface area contributed by atoms with E-state index >= 15 is 0 Å². The van der Waals surface area contributed by atoms with Crippen molar-refractivity contribution >= 4 is 64.4 Å². The molecule has 0 aromatic heterocycles. The van der Waals surface area contributed by atoms with Gasteiger partial charge in [0.05, 0.1) is 11.2 Å². The zero-order chi connectivity index (χ0) is 26.0. The number of carbonyl (C=O) groups excluding carboxylic acids is 1. The summed E-state index contributed by atoms with van der Waals surface area (Å²) in [5, 5.41) is 6.74. The fourth-order valence-corrected chi connectivity index (χ4v) is 5.14. The molecule has 0 radical (unpaired) electrons. The van der Waals surface area contributed by atoms with Crippen LogP contribution in [0.4, 0.5) is 31.1 Å². The molecule has 1 heterocycles. The Bertz CT molecular complexity index is 1170. The summed E-state index contributed by atoms with van der Waals surface area (Å²) in [6.07, 6.45) is -8.51. The highest BCUT2D eigenvalue weighted by Crippen LogP contribution is 2.60. The van der Waals surface area contributed by atoms with Crippen molar-refractivity contribution in [3.8, 4) is 0 Å². The average Bonchev–Trinajstić information content (AvgIpc) is 3.19. The van der Waals surface area contributed by atoms with E-state index < -0.39 is 36.1 Å².